The predicted octanol–water partition coefficient (Wildman–Crippen LogP) is 2.53. The Morgan fingerprint density at radius 3 is 2.73 bits per heavy atom. The number of nitrogens with one attached hydrogen (secondary N) is 1. The minimum atomic E-state index is -0.599. The number of carbonyl (C=O) groups excluding carboxylic acids is 1. The van der Waals surface area contributed by atoms with E-state index in [2.05, 4.69) is 5.32 Å². The van der Waals surface area contributed by atoms with E-state index in [1.807, 2.05) is 0 Å². The van der Waals surface area contributed by atoms with Crippen molar-refractivity contribution in [1.82, 2.24) is 0 Å². The molecule has 4 heteroatoms. The Labute approximate surface area is 87.3 Å². The molecule has 0 radical (unpaired) electrons. The maximum atomic E-state index is 13.2. The maximum absolute atomic E-state index is 13.2. The fourth-order valence-electron chi connectivity index (χ4n) is 1.48. The molecule has 0 saturated heterocycles. The van der Waals surface area contributed by atoms with Gasteiger partial charge in [-0.25, -0.2) is 8.78 Å². The molecule has 0 saturated carbocycles. The lowest BCUT2D eigenvalue weighted by Gasteiger charge is -2.09. The van der Waals surface area contributed by atoms with Gasteiger partial charge >= 0.3 is 0 Å². The van der Waals surface area contributed by atoms with Gasteiger partial charge in [-0.15, -0.1) is 0 Å². The van der Waals surface area contributed by atoms with Gasteiger partial charge in [-0.1, -0.05) is 0 Å². The average molecular weight is 213 g/mol. The summed E-state index contributed by atoms with van der Waals surface area (Å²) in [5, 5.41) is 2.69. The van der Waals surface area contributed by atoms with Gasteiger partial charge in [0.2, 0.25) is 0 Å². The van der Waals surface area contributed by atoms with Crippen LogP contribution in [0.2, 0.25) is 0 Å². The summed E-state index contributed by atoms with van der Waals surface area (Å²) in [6, 6.07) is 2.13. The normalized spacial score (nSPS) is 10.1. The number of carbonyl (C=O) groups is 1. The fourth-order valence-corrected chi connectivity index (χ4v) is 1.48. The third-order valence-corrected chi connectivity index (χ3v) is 2.15. The second-order valence-corrected chi connectivity index (χ2v) is 3.23. The zero-order valence-electron chi connectivity index (χ0n) is 8.52. The van der Waals surface area contributed by atoms with Crippen LogP contribution in [0.3, 0.4) is 0 Å². The maximum Gasteiger partial charge on any atom is 0.149 e. The van der Waals surface area contributed by atoms with Crippen molar-refractivity contribution in [2.45, 2.75) is 19.3 Å². The zero-order chi connectivity index (χ0) is 11.3. The van der Waals surface area contributed by atoms with Crippen LogP contribution in [0, 0.1) is 11.6 Å². The fraction of sp³-hybridized carbons (Fsp3) is 0.364. The summed E-state index contributed by atoms with van der Waals surface area (Å²) in [7, 11) is 1.58. The van der Waals surface area contributed by atoms with Crippen LogP contribution < -0.4 is 5.32 Å². The number of rotatable bonds is 5. The molecule has 1 rings (SSSR count). The van der Waals surface area contributed by atoms with E-state index in [1.165, 1.54) is 6.07 Å². The first-order valence-corrected chi connectivity index (χ1v) is 4.78. The van der Waals surface area contributed by atoms with Crippen molar-refractivity contribution >= 4 is 12.0 Å². The summed E-state index contributed by atoms with van der Waals surface area (Å²) < 4.78 is 26.2. The Morgan fingerprint density at radius 2 is 2.13 bits per heavy atom. The van der Waals surface area contributed by atoms with Crippen LogP contribution >= 0.6 is 0 Å². The van der Waals surface area contributed by atoms with Crippen molar-refractivity contribution in [2.75, 3.05) is 12.4 Å². The van der Waals surface area contributed by atoms with Crippen LogP contribution in [0.1, 0.15) is 18.4 Å². The third kappa shape index (κ3) is 3.01. The van der Waals surface area contributed by atoms with Gasteiger partial charge in [0.15, 0.2) is 0 Å². The second kappa shape index (κ2) is 5.44. The van der Waals surface area contributed by atoms with Crippen LogP contribution in [-0.2, 0) is 11.2 Å². The standard InChI is InChI=1S/C11H13F2NO/c1-14-11-8(4-2-3-5-15)6-9(12)7-10(11)13/h5-7,14H,2-4H2,1H3. The SMILES string of the molecule is CNc1c(F)cc(F)cc1CCCC=O. The average Bonchev–Trinajstić information content (AvgIpc) is 2.17. The zero-order valence-corrected chi connectivity index (χ0v) is 8.52. The van der Waals surface area contributed by atoms with E-state index in [9.17, 15) is 13.6 Å². The highest BCUT2D eigenvalue weighted by atomic mass is 19.1. The molecule has 1 aromatic carbocycles. The molecule has 15 heavy (non-hydrogen) atoms. The van der Waals surface area contributed by atoms with Crippen molar-refractivity contribution in [3.63, 3.8) is 0 Å². The van der Waals surface area contributed by atoms with Crippen LogP contribution in [0.5, 0.6) is 0 Å². The molecule has 0 aliphatic heterocycles. The van der Waals surface area contributed by atoms with Gasteiger partial charge in [0.05, 0.1) is 5.69 Å². The lowest BCUT2D eigenvalue weighted by molar-refractivity contribution is -0.107. The summed E-state index contributed by atoms with van der Waals surface area (Å²) in [5.41, 5.74) is 0.874. The molecule has 0 aromatic heterocycles. The summed E-state index contributed by atoms with van der Waals surface area (Å²) in [6.45, 7) is 0. The van der Waals surface area contributed by atoms with Crippen molar-refractivity contribution < 1.29 is 13.6 Å². The van der Waals surface area contributed by atoms with Crippen LogP contribution in [0.4, 0.5) is 14.5 Å². The summed E-state index contributed by atoms with van der Waals surface area (Å²) in [6.07, 6.45) is 2.29. The van der Waals surface area contributed by atoms with Crippen molar-refractivity contribution in [1.29, 1.82) is 0 Å². The lowest BCUT2D eigenvalue weighted by Crippen LogP contribution is -2.00. The van der Waals surface area contributed by atoms with Gasteiger partial charge in [0, 0.05) is 19.5 Å². The highest BCUT2D eigenvalue weighted by Gasteiger charge is 2.09. The molecule has 0 unspecified atom stereocenters. The Bertz CT molecular complexity index is 353. The van der Waals surface area contributed by atoms with Crippen molar-refractivity contribution in [3.8, 4) is 0 Å². The van der Waals surface area contributed by atoms with Gasteiger partial charge < -0.3 is 10.1 Å². The Morgan fingerprint density at radius 1 is 1.40 bits per heavy atom. The van der Waals surface area contributed by atoms with E-state index in [1.54, 1.807) is 7.05 Å². The molecular formula is C11H13F2NO. The summed E-state index contributed by atoms with van der Waals surface area (Å²) >= 11 is 0. The van der Waals surface area contributed by atoms with Gasteiger partial charge in [-0.3, -0.25) is 0 Å². The Balaban J connectivity index is 2.88. The Kier molecular flexibility index (Phi) is 4.21. The molecule has 0 fully saturated rings. The molecule has 0 heterocycles. The van der Waals surface area contributed by atoms with Gasteiger partial charge in [0.25, 0.3) is 0 Å². The minimum absolute atomic E-state index is 0.308. The summed E-state index contributed by atoms with van der Waals surface area (Å²) in [4.78, 5) is 10.1. The molecule has 0 bridgehead atoms. The number of hydrogen-bond donors (Lipinski definition) is 1. The molecule has 0 aliphatic carbocycles. The number of benzene rings is 1. The van der Waals surface area contributed by atoms with E-state index in [-0.39, 0.29) is 0 Å². The van der Waals surface area contributed by atoms with Crippen molar-refractivity contribution in [2.24, 2.45) is 0 Å². The smallest absolute Gasteiger partial charge is 0.149 e. The Hall–Kier alpha value is -1.45. The van der Waals surface area contributed by atoms with Gasteiger partial charge in [0.1, 0.15) is 17.9 Å². The number of unbranched alkanes of at least 4 members (excludes halogenated alkanes) is 1. The largest absolute Gasteiger partial charge is 0.386 e. The van der Waals surface area contributed by atoms with E-state index in [0.717, 1.165) is 12.4 Å². The van der Waals surface area contributed by atoms with Crippen molar-refractivity contribution in [3.05, 3.63) is 29.3 Å². The van der Waals surface area contributed by atoms with E-state index in [4.69, 9.17) is 0 Å². The molecule has 0 spiro atoms. The molecule has 0 aliphatic rings. The predicted molar refractivity (Wildman–Crippen MR) is 54.9 cm³/mol. The highest BCUT2D eigenvalue weighted by molar-refractivity contribution is 5.53. The van der Waals surface area contributed by atoms with Crippen LogP contribution in [0.25, 0.3) is 0 Å². The van der Waals surface area contributed by atoms with Gasteiger partial charge in [-0.2, -0.15) is 0 Å². The molecular weight excluding hydrogens is 200 g/mol. The molecule has 2 nitrogen and oxygen atoms in total. The first-order chi connectivity index (χ1) is 7.19. The topological polar surface area (TPSA) is 29.1 Å². The van der Waals surface area contributed by atoms with E-state index < -0.39 is 11.6 Å². The quantitative estimate of drug-likeness (QED) is 0.601. The first-order valence-electron chi connectivity index (χ1n) is 4.78. The summed E-state index contributed by atoms with van der Waals surface area (Å²) in [5.74, 6) is -1.19. The number of aldehydes is 1. The lowest BCUT2D eigenvalue weighted by atomic mass is 10.1. The first kappa shape index (κ1) is 11.6. The number of aryl methyl sites for hydroxylation is 1. The molecule has 1 N–H and O–H groups in total. The monoisotopic (exact) mass is 213 g/mol. The van der Waals surface area contributed by atoms with Crippen LogP contribution in [-0.4, -0.2) is 13.3 Å². The highest BCUT2D eigenvalue weighted by Crippen LogP contribution is 2.22. The molecule has 1 aromatic rings. The number of hydrogen-bond acceptors (Lipinski definition) is 2. The molecule has 0 atom stereocenters. The van der Waals surface area contributed by atoms with E-state index in [0.29, 0.717) is 30.5 Å². The molecule has 0 amide bonds. The minimum Gasteiger partial charge on any atom is -0.386 e. The van der Waals surface area contributed by atoms with Crippen LogP contribution in [0.15, 0.2) is 12.1 Å². The molecule has 82 valence electrons. The number of anilines is 1. The number of halogens is 2. The van der Waals surface area contributed by atoms with Gasteiger partial charge in [-0.05, 0) is 24.5 Å². The second-order valence-electron chi connectivity index (χ2n) is 3.23. The third-order valence-electron chi connectivity index (χ3n) is 2.15. The van der Waals surface area contributed by atoms with E-state index >= 15 is 0 Å².